The average Bonchev–Trinajstić information content (AvgIpc) is 3.75. The number of halogens is 1. The smallest absolute Gasteiger partial charge is 0.500 e. The Morgan fingerprint density at radius 2 is 1.05 bits per heavy atom. The van der Waals surface area contributed by atoms with Gasteiger partial charge >= 0.3 is 20.1 Å². The van der Waals surface area contributed by atoms with E-state index in [0.717, 1.165) is 36.8 Å². The number of fused-ring (bicyclic) bond motifs is 3. The minimum atomic E-state index is -3.16. The van der Waals surface area contributed by atoms with Gasteiger partial charge in [-0.3, -0.25) is 0 Å². The van der Waals surface area contributed by atoms with Crippen LogP contribution < -0.4 is 0 Å². The van der Waals surface area contributed by atoms with Crippen LogP contribution in [0.4, 0.5) is 4.39 Å². The quantitative estimate of drug-likeness (QED) is 0.115. The average molecular weight is 932 g/mol. The van der Waals surface area contributed by atoms with Crippen molar-refractivity contribution >= 4 is 21.9 Å². The fourth-order valence-electron chi connectivity index (χ4n) is 6.13. The van der Waals surface area contributed by atoms with E-state index < -0.39 is 60.7 Å². The molecule has 0 aliphatic carbocycles. The van der Waals surface area contributed by atoms with Crippen LogP contribution in [0.15, 0.2) is 156 Å². The largest absolute Gasteiger partial charge is 3.00 e. The van der Waals surface area contributed by atoms with Crippen LogP contribution in [0, 0.1) is 24.0 Å². The van der Waals surface area contributed by atoms with Gasteiger partial charge in [0.25, 0.3) is 0 Å². The Morgan fingerprint density at radius 1 is 0.544 bits per heavy atom. The predicted molar refractivity (Wildman–Crippen MR) is 221 cm³/mol. The van der Waals surface area contributed by atoms with Gasteiger partial charge in [-0.05, 0) is 101 Å². The molecule has 0 fully saturated rings. The fourth-order valence-corrected chi connectivity index (χ4v) is 6.13. The van der Waals surface area contributed by atoms with Crippen molar-refractivity contribution < 1.29 is 46.7 Å². The van der Waals surface area contributed by atoms with Crippen molar-refractivity contribution in [2.24, 2.45) is 0 Å². The maximum atomic E-state index is 15.1. The van der Waals surface area contributed by atoms with Gasteiger partial charge in [-0.2, -0.15) is 0 Å². The van der Waals surface area contributed by atoms with E-state index >= 15 is 4.39 Å². The van der Waals surface area contributed by atoms with Gasteiger partial charge in [0, 0.05) is 40.4 Å². The van der Waals surface area contributed by atoms with Crippen LogP contribution in [-0.4, -0.2) is 15.0 Å². The molecule has 57 heavy (non-hydrogen) atoms. The van der Waals surface area contributed by atoms with E-state index in [1.54, 1.807) is 54.6 Å². The van der Waals surface area contributed by atoms with E-state index in [2.05, 4.69) is 33.2 Å². The van der Waals surface area contributed by atoms with Gasteiger partial charge in [0.2, 0.25) is 0 Å². The Kier molecular flexibility index (Phi) is 7.70. The molecule has 0 unspecified atom stereocenters. The summed E-state index contributed by atoms with van der Waals surface area (Å²) in [5.74, 6) is -0.774. The Bertz CT molecular complexity index is 3230. The van der Waals surface area contributed by atoms with Crippen LogP contribution in [0.5, 0.6) is 0 Å². The summed E-state index contributed by atoms with van der Waals surface area (Å²) in [7, 11) is 0. The van der Waals surface area contributed by atoms with E-state index in [0.29, 0.717) is 27.9 Å². The summed E-state index contributed by atoms with van der Waals surface area (Å²) < 4.78 is 141. The van der Waals surface area contributed by atoms with Gasteiger partial charge in [-0.1, -0.05) is 71.6 Å². The van der Waals surface area contributed by atoms with Gasteiger partial charge in [0.05, 0.1) is 6.95 Å². The zero-order chi connectivity index (χ0) is 49.3. The first-order chi connectivity index (χ1) is 32.6. The standard InChI is InChI=1S/C51H37FN3O.Ir/c52-45-15-8-16-49-50(45)44-14-7-13-43(51(44)56-49)48-28-25-37(34-55-48)19-22-40-30-38(20-17-35-23-26-46(53-32-35)41-9-3-1-4-10-41)29-39(31-40)21-18-36-24-27-47(54-33-36)42-11-5-2-6-12-42;/h1-9,11,14-16,23-34H,17-22H2;/q-3;+3/i15D,17D2,18D2,19D2,20D2,21D2,22D2;. The Labute approximate surface area is 364 Å². The van der Waals surface area contributed by atoms with E-state index in [-0.39, 0.29) is 70.6 Å². The minimum Gasteiger partial charge on any atom is -0.500 e. The number of hydrogen-bond donors (Lipinski definition) is 0. The summed E-state index contributed by atoms with van der Waals surface area (Å²) >= 11 is 0. The van der Waals surface area contributed by atoms with Gasteiger partial charge in [0.1, 0.15) is 11.4 Å². The van der Waals surface area contributed by atoms with Crippen LogP contribution in [0.1, 0.15) is 51.2 Å². The molecule has 0 saturated heterocycles. The Balaban J connectivity index is 0.00000659. The number of aromatic nitrogens is 3. The molecule has 4 aromatic heterocycles. The number of hydrogen-bond acceptors (Lipinski definition) is 4. The molecule has 0 N–H and O–H groups in total. The molecule has 5 aromatic carbocycles. The molecule has 0 aliphatic rings. The van der Waals surface area contributed by atoms with Crippen LogP contribution in [0.25, 0.3) is 55.7 Å². The monoisotopic (exact) mass is 932 g/mol. The number of furan rings is 1. The van der Waals surface area contributed by atoms with E-state index in [4.69, 9.17) is 5.79 Å². The van der Waals surface area contributed by atoms with Crippen LogP contribution in [0.3, 0.4) is 0 Å². The van der Waals surface area contributed by atoms with Crippen LogP contribution in [-0.2, 0) is 58.3 Å². The third-order valence-electron chi connectivity index (χ3n) is 8.84. The number of rotatable bonds is 12. The third-order valence-corrected chi connectivity index (χ3v) is 8.84. The van der Waals surface area contributed by atoms with Crippen molar-refractivity contribution in [1.82, 2.24) is 15.0 Å². The SMILES string of the molecule is [2H]c1ccc2oc3c(-c4ccc(C([2H])([2H])C([2H])([2H])c5cc(C([2H])([2H])C([2H])([2H])c6ccc(-c7[c-]cccc7)nc6)cc(C([2H])([2H])C([2H])([2H])c6ccc(-c7[c-]cccc7)nc6)c5)cn4)[c-]ccc3c2c1F.[Ir+3]. The second kappa shape index (κ2) is 17.4. The first-order valence-corrected chi connectivity index (χ1v) is 17.6. The van der Waals surface area contributed by atoms with Crippen molar-refractivity contribution in [2.75, 3.05) is 0 Å². The molecule has 0 bridgehead atoms. The predicted octanol–water partition coefficient (Wildman–Crippen LogP) is 11.7. The number of nitrogens with zero attached hydrogens (tertiary/aromatic N) is 3. The van der Waals surface area contributed by atoms with Gasteiger partial charge in [0.15, 0.2) is 0 Å². The molecule has 4 nitrogen and oxygen atoms in total. The summed E-state index contributed by atoms with van der Waals surface area (Å²) in [5.41, 5.74) is 0.370. The molecule has 0 radical (unpaired) electrons. The number of aryl methyl sites for hydroxylation is 6. The van der Waals surface area contributed by atoms with E-state index in [1.165, 1.54) is 54.6 Å². The molecular weight excluding hydrogens is 882 g/mol. The first kappa shape index (κ1) is 25.2. The van der Waals surface area contributed by atoms with Crippen LogP contribution in [0.2, 0.25) is 0 Å². The minimum absolute atomic E-state index is 0. The molecule has 0 atom stereocenters. The zero-order valence-corrected chi connectivity index (χ0v) is 32.2. The first-order valence-electron chi connectivity index (χ1n) is 24.1. The van der Waals surface area contributed by atoms with Crippen molar-refractivity contribution in [1.29, 1.82) is 0 Å². The summed E-state index contributed by atoms with van der Waals surface area (Å²) in [6.07, 6.45) is -14.9. The topological polar surface area (TPSA) is 51.8 Å². The van der Waals surface area contributed by atoms with Gasteiger partial charge in [-0.15, -0.1) is 90.0 Å². The molecule has 4 heterocycles. The molecule has 6 heteroatoms. The van der Waals surface area contributed by atoms with E-state index in [1.807, 2.05) is 0 Å². The van der Waals surface area contributed by atoms with Crippen molar-refractivity contribution in [2.45, 2.75) is 38.2 Å². The van der Waals surface area contributed by atoms with Crippen molar-refractivity contribution in [3.63, 3.8) is 0 Å². The fraction of sp³-hybridized carbons (Fsp3) is 0.118. The molecule has 9 rings (SSSR count). The maximum Gasteiger partial charge on any atom is 3.00 e. The van der Waals surface area contributed by atoms with Crippen molar-refractivity contribution in [3.8, 4) is 33.8 Å². The summed E-state index contributed by atoms with van der Waals surface area (Å²) in [6, 6.07) is 39.7. The summed E-state index contributed by atoms with van der Waals surface area (Å²) in [5, 5.41) is 0.448. The number of pyridine rings is 3. The summed E-state index contributed by atoms with van der Waals surface area (Å²) in [4.78, 5) is 13.1. The van der Waals surface area contributed by atoms with Gasteiger partial charge < -0.3 is 19.4 Å². The normalized spacial score (nSPS) is 16.1. The maximum absolute atomic E-state index is 15.1. The molecule has 0 saturated carbocycles. The molecule has 0 spiro atoms. The van der Waals surface area contributed by atoms with Gasteiger partial charge in [-0.25, -0.2) is 4.39 Å². The van der Waals surface area contributed by atoms with Crippen LogP contribution >= 0.6 is 0 Å². The molecule has 0 amide bonds. The molecule has 278 valence electrons. The molecule has 0 aliphatic heterocycles. The molecule has 9 aromatic rings. The summed E-state index contributed by atoms with van der Waals surface area (Å²) in [6.45, 7) is 0. The number of benzene rings is 5. The Morgan fingerprint density at radius 3 is 1.53 bits per heavy atom. The molecular formula is C51H37FIrN3O. The second-order valence-electron chi connectivity index (χ2n) is 12.6. The Hall–Kier alpha value is -6.07. The second-order valence-corrected chi connectivity index (χ2v) is 12.6. The van der Waals surface area contributed by atoms with Crippen molar-refractivity contribution in [3.05, 3.63) is 209 Å². The zero-order valence-electron chi connectivity index (χ0n) is 42.8. The van der Waals surface area contributed by atoms with E-state index in [9.17, 15) is 16.4 Å². The third kappa shape index (κ3) is 8.68.